The molecule has 0 aliphatic heterocycles. The summed E-state index contributed by atoms with van der Waals surface area (Å²) in [5.74, 6) is 0.527. The Morgan fingerprint density at radius 2 is 1.81 bits per heavy atom. The summed E-state index contributed by atoms with van der Waals surface area (Å²) >= 11 is 4.74. The first-order valence-electron chi connectivity index (χ1n) is 10.2. The van der Waals surface area contributed by atoms with Crippen molar-refractivity contribution in [3.8, 4) is 0 Å². The molecule has 3 aromatic rings. The number of H-pyrrole nitrogens is 1. The van der Waals surface area contributed by atoms with E-state index in [1.165, 1.54) is 11.8 Å². The van der Waals surface area contributed by atoms with Crippen molar-refractivity contribution >= 4 is 45.2 Å². The second-order valence-electron chi connectivity index (χ2n) is 7.75. The first-order valence-corrected chi connectivity index (χ1v) is 12.0. The predicted molar refractivity (Wildman–Crippen MR) is 131 cm³/mol. The summed E-state index contributed by atoms with van der Waals surface area (Å²) < 4.78 is 1.01. The van der Waals surface area contributed by atoms with Gasteiger partial charge in [0.1, 0.15) is 5.82 Å². The lowest BCUT2D eigenvalue weighted by Gasteiger charge is -2.19. The van der Waals surface area contributed by atoms with Crippen LogP contribution in [0.1, 0.15) is 47.2 Å². The van der Waals surface area contributed by atoms with Crippen LogP contribution in [0.3, 0.4) is 0 Å². The topological polar surface area (TPSA) is 99.8 Å². The summed E-state index contributed by atoms with van der Waals surface area (Å²) in [6.07, 6.45) is 0. The van der Waals surface area contributed by atoms with E-state index in [0.29, 0.717) is 16.5 Å². The third-order valence-electron chi connectivity index (χ3n) is 5.09. The second kappa shape index (κ2) is 10.8. The van der Waals surface area contributed by atoms with Gasteiger partial charge in [0.15, 0.2) is 0 Å². The summed E-state index contributed by atoms with van der Waals surface area (Å²) in [6.45, 7) is 7.98. The van der Waals surface area contributed by atoms with Crippen molar-refractivity contribution in [2.45, 2.75) is 38.9 Å². The third kappa shape index (κ3) is 5.98. The second-order valence-corrected chi connectivity index (χ2v) is 9.54. The maximum atomic E-state index is 12.6. The fourth-order valence-electron chi connectivity index (χ4n) is 3.07. The molecular weight excluding hydrogens is 490 g/mol. The number of carbonyl (C=O) groups is 2. The van der Waals surface area contributed by atoms with E-state index in [1.807, 2.05) is 58.0 Å². The molecule has 0 fully saturated rings. The van der Waals surface area contributed by atoms with Crippen molar-refractivity contribution in [2.24, 2.45) is 5.92 Å². The number of amides is 2. The Kier molecular flexibility index (Phi) is 8.09. The van der Waals surface area contributed by atoms with Crippen LogP contribution in [-0.4, -0.2) is 32.7 Å². The van der Waals surface area contributed by atoms with E-state index in [-0.39, 0.29) is 29.5 Å². The molecule has 0 aliphatic rings. The minimum atomic E-state index is -0.327. The zero-order valence-corrected chi connectivity index (χ0v) is 20.8. The number of aromatic nitrogens is 3. The lowest BCUT2D eigenvalue weighted by molar-refractivity contribution is -0.113. The summed E-state index contributed by atoms with van der Waals surface area (Å²) in [4.78, 5) is 29.5. The largest absolute Gasteiger partial charge is 0.342 e. The number of nitrogens with one attached hydrogen (secondary N) is 3. The molecule has 0 spiro atoms. The SMILES string of the molecule is Cc1c(Br)ccc(NC(=O)CSc2n[nH]c(C(NC(=O)c3ccccc3)C(C)C)n2)c1C. The van der Waals surface area contributed by atoms with Crippen molar-refractivity contribution in [1.82, 2.24) is 20.5 Å². The van der Waals surface area contributed by atoms with Gasteiger partial charge in [0, 0.05) is 15.7 Å². The number of anilines is 1. The van der Waals surface area contributed by atoms with E-state index < -0.39 is 0 Å². The molecule has 1 aromatic heterocycles. The first kappa shape index (κ1) is 24.0. The van der Waals surface area contributed by atoms with Crippen LogP contribution < -0.4 is 10.6 Å². The number of thioether (sulfide) groups is 1. The third-order valence-corrected chi connectivity index (χ3v) is 6.80. The van der Waals surface area contributed by atoms with Crippen LogP contribution in [0, 0.1) is 19.8 Å². The highest BCUT2D eigenvalue weighted by Crippen LogP contribution is 2.26. The summed E-state index contributed by atoms with van der Waals surface area (Å²) in [5, 5.41) is 13.5. The van der Waals surface area contributed by atoms with E-state index in [9.17, 15) is 9.59 Å². The molecular formula is C23H26BrN5O2S. The Morgan fingerprint density at radius 1 is 1.09 bits per heavy atom. The minimum absolute atomic E-state index is 0.0976. The van der Waals surface area contributed by atoms with Crippen LogP contribution in [0.4, 0.5) is 5.69 Å². The zero-order valence-electron chi connectivity index (χ0n) is 18.4. The minimum Gasteiger partial charge on any atom is -0.342 e. The number of rotatable bonds is 8. The highest BCUT2D eigenvalue weighted by molar-refractivity contribution is 9.10. The van der Waals surface area contributed by atoms with Gasteiger partial charge in [-0.1, -0.05) is 59.7 Å². The van der Waals surface area contributed by atoms with Crippen LogP contribution in [0.15, 0.2) is 52.1 Å². The molecule has 0 radical (unpaired) electrons. The molecule has 7 nitrogen and oxygen atoms in total. The predicted octanol–water partition coefficient (Wildman–Crippen LogP) is 5.04. The lowest BCUT2D eigenvalue weighted by Crippen LogP contribution is -2.32. The van der Waals surface area contributed by atoms with Gasteiger partial charge in [-0.15, -0.1) is 5.10 Å². The number of halogens is 1. The monoisotopic (exact) mass is 515 g/mol. The summed E-state index contributed by atoms with van der Waals surface area (Å²) in [7, 11) is 0. The normalized spacial score (nSPS) is 11.9. The maximum Gasteiger partial charge on any atom is 0.251 e. The number of hydrogen-bond acceptors (Lipinski definition) is 5. The average Bonchev–Trinajstić information content (AvgIpc) is 3.25. The van der Waals surface area contributed by atoms with Crippen LogP contribution in [0.2, 0.25) is 0 Å². The molecule has 3 rings (SSSR count). The Bertz CT molecular complexity index is 1100. The molecule has 0 saturated heterocycles. The van der Waals surface area contributed by atoms with E-state index in [2.05, 4.69) is 41.7 Å². The fraction of sp³-hybridized carbons (Fsp3) is 0.304. The molecule has 1 unspecified atom stereocenters. The van der Waals surface area contributed by atoms with Crippen LogP contribution in [0.5, 0.6) is 0 Å². The van der Waals surface area contributed by atoms with Crippen LogP contribution >= 0.6 is 27.7 Å². The number of nitrogens with zero attached hydrogens (tertiary/aromatic N) is 2. The zero-order chi connectivity index (χ0) is 23.3. The summed E-state index contributed by atoms with van der Waals surface area (Å²) in [6, 6.07) is 12.5. The number of hydrogen-bond donors (Lipinski definition) is 3. The molecule has 1 heterocycles. The van der Waals surface area contributed by atoms with Crippen molar-refractivity contribution in [2.75, 3.05) is 11.1 Å². The smallest absolute Gasteiger partial charge is 0.251 e. The number of aromatic amines is 1. The van der Waals surface area contributed by atoms with Crippen LogP contribution in [0.25, 0.3) is 0 Å². The molecule has 0 bridgehead atoms. The van der Waals surface area contributed by atoms with Gasteiger partial charge in [0.2, 0.25) is 11.1 Å². The molecule has 0 aliphatic carbocycles. The molecule has 32 heavy (non-hydrogen) atoms. The summed E-state index contributed by atoms with van der Waals surface area (Å²) in [5.41, 5.74) is 3.48. The van der Waals surface area contributed by atoms with E-state index in [0.717, 1.165) is 21.3 Å². The molecule has 2 aromatic carbocycles. The van der Waals surface area contributed by atoms with Gasteiger partial charge in [-0.25, -0.2) is 4.98 Å². The lowest BCUT2D eigenvalue weighted by atomic mass is 10.0. The van der Waals surface area contributed by atoms with E-state index in [1.54, 1.807) is 12.1 Å². The average molecular weight is 516 g/mol. The quantitative estimate of drug-likeness (QED) is 0.364. The van der Waals surface area contributed by atoms with Crippen molar-refractivity contribution in [3.63, 3.8) is 0 Å². The Balaban J connectivity index is 1.61. The molecule has 9 heteroatoms. The Labute approximate surface area is 200 Å². The highest BCUT2D eigenvalue weighted by Gasteiger charge is 2.23. The first-order chi connectivity index (χ1) is 15.3. The van der Waals surface area contributed by atoms with Gasteiger partial charge in [0.25, 0.3) is 5.91 Å². The van der Waals surface area contributed by atoms with E-state index >= 15 is 0 Å². The van der Waals surface area contributed by atoms with Gasteiger partial charge in [-0.2, -0.15) is 0 Å². The number of carbonyl (C=O) groups excluding carboxylic acids is 2. The molecule has 0 saturated carbocycles. The van der Waals surface area contributed by atoms with Crippen molar-refractivity contribution in [1.29, 1.82) is 0 Å². The number of benzene rings is 2. The standard InChI is InChI=1S/C23H26BrN5O2S/c1-13(2)20(26-22(31)16-8-6-5-7-9-16)21-27-23(29-28-21)32-12-19(30)25-18-11-10-17(24)14(3)15(18)4/h5-11,13,20H,12H2,1-4H3,(H,25,30)(H,26,31)(H,27,28,29). The fourth-order valence-corrected chi connectivity index (χ4v) is 4.10. The van der Waals surface area contributed by atoms with E-state index in [4.69, 9.17) is 0 Å². The Hall–Kier alpha value is -2.65. The molecule has 168 valence electrons. The van der Waals surface area contributed by atoms with Gasteiger partial charge in [-0.3, -0.25) is 14.7 Å². The van der Waals surface area contributed by atoms with Gasteiger partial charge in [-0.05, 0) is 55.2 Å². The highest BCUT2D eigenvalue weighted by atomic mass is 79.9. The Morgan fingerprint density at radius 3 is 2.50 bits per heavy atom. The maximum absolute atomic E-state index is 12.6. The molecule has 2 amide bonds. The van der Waals surface area contributed by atoms with Crippen LogP contribution in [-0.2, 0) is 4.79 Å². The molecule has 1 atom stereocenters. The van der Waals surface area contributed by atoms with Crippen molar-refractivity contribution < 1.29 is 9.59 Å². The molecule has 3 N–H and O–H groups in total. The van der Waals surface area contributed by atoms with Crippen molar-refractivity contribution in [3.05, 3.63) is 69.5 Å². The van der Waals surface area contributed by atoms with Gasteiger partial charge >= 0.3 is 0 Å². The van der Waals surface area contributed by atoms with Gasteiger partial charge in [0.05, 0.1) is 11.8 Å². The van der Waals surface area contributed by atoms with Gasteiger partial charge < -0.3 is 10.6 Å².